The highest BCUT2D eigenvalue weighted by molar-refractivity contribution is 6.31. The van der Waals surface area contributed by atoms with E-state index in [0.29, 0.717) is 18.5 Å². The van der Waals surface area contributed by atoms with Gasteiger partial charge in [0.05, 0.1) is 6.54 Å². The molecule has 2 heterocycles. The van der Waals surface area contributed by atoms with Crippen LogP contribution in [0.5, 0.6) is 0 Å². The van der Waals surface area contributed by atoms with Crippen LogP contribution < -0.4 is 10.2 Å². The number of aromatic nitrogens is 2. The average Bonchev–Trinajstić information content (AvgIpc) is 3.05. The van der Waals surface area contributed by atoms with Crippen LogP contribution in [0.2, 0.25) is 5.02 Å². The van der Waals surface area contributed by atoms with Crippen molar-refractivity contribution < 1.29 is 4.52 Å². The largest absolute Gasteiger partial charge is 0.371 e. The molecular formula is C18H25ClN4O. The van der Waals surface area contributed by atoms with Crippen LogP contribution in [-0.2, 0) is 6.54 Å². The Labute approximate surface area is 148 Å². The highest BCUT2D eigenvalue weighted by Gasteiger charge is 2.20. The zero-order valence-electron chi connectivity index (χ0n) is 14.6. The molecule has 0 atom stereocenters. The lowest BCUT2D eigenvalue weighted by atomic mass is 10.0. The monoisotopic (exact) mass is 348 g/mol. The van der Waals surface area contributed by atoms with Gasteiger partial charge in [0.2, 0.25) is 5.89 Å². The van der Waals surface area contributed by atoms with Crippen molar-refractivity contribution in [3.8, 4) is 0 Å². The normalized spacial score (nSPS) is 16.1. The van der Waals surface area contributed by atoms with E-state index in [-0.39, 0.29) is 5.92 Å². The van der Waals surface area contributed by atoms with Gasteiger partial charge in [-0.3, -0.25) is 0 Å². The zero-order chi connectivity index (χ0) is 17.1. The second kappa shape index (κ2) is 7.53. The summed E-state index contributed by atoms with van der Waals surface area (Å²) in [6.45, 7) is 8.86. The van der Waals surface area contributed by atoms with Crippen LogP contribution in [-0.4, -0.2) is 29.3 Å². The summed E-state index contributed by atoms with van der Waals surface area (Å²) < 4.78 is 5.24. The molecule has 5 nitrogen and oxygen atoms in total. The molecule has 0 radical (unpaired) electrons. The van der Waals surface area contributed by atoms with Gasteiger partial charge in [0.15, 0.2) is 5.82 Å². The second-order valence-electron chi connectivity index (χ2n) is 6.78. The van der Waals surface area contributed by atoms with Gasteiger partial charge in [-0.2, -0.15) is 4.98 Å². The standard InChI is InChI=1S/C18H25ClN4O/c1-12(2)18-21-17(22-24-18)11-20-14-6-8-23(9-7-14)15-5-4-13(3)16(19)10-15/h4-5,10,12,14,20H,6-9,11H2,1-3H3. The molecule has 0 amide bonds. The van der Waals surface area contributed by atoms with Gasteiger partial charge in [0, 0.05) is 35.8 Å². The van der Waals surface area contributed by atoms with Gasteiger partial charge >= 0.3 is 0 Å². The SMILES string of the molecule is Cc1ccc(N2CCC(NCc3noc(C(C)C)n3)CC2)cc1Cl. The number of hydrogen-bond acceptors (Lipinski definition) is 5. The first-order valence-electron chi connectivity index (χ1n) is 8.60. The maximum Gasteiger partial charge on any atom is 0.229 e. The first-order chi connectivity index (χ1) is 11.5. The summed E-state index contributed by atoms with van der Waals surface area (Å²) in [5.74, 6) is 1.72. The lowest BCUT2D eigenvalue weighted by molar-refractivity contribution is 0.355. The number of piperidine rings is 1. The highest BCUT2D eigenvalue weighted by Crippen LogP contribution is 2.25. The maximum atomic E-state index is 6.24. The fourth-order valence-corrected chi connectivity index (χ4v) is 3.10. The molecule has 2 aromatic rings. The Hall–Kier alpha value is -1.59. The first kappa shape index (κ1) is 17.2. The minimum atomic E-state index is 0.274. The minimum absolute atomic E-state index is 0.274. The molecule has 0 unspecified atom stereocenters. The van der Waals surface area contributed by atoms with Crippen LogP contribution in [0.1, 0.15) is 49.9 Å². The molecule has 0 spiro atoms. The van der Waals surface area contributed by atoms with E-state index in [1.54, 1.807) is 0 Å². The third kappa shape index (κ3) is 4.08. The van der Waals surface area contributed by atoms with Crippen LogP contribution in [0.3, 0.4) is 0 Å². The van der Waals surface area contributed by atoms with Crippen molar-refractivity contribution in [2.24, 2.45) is 0 Å². The molecule has 1 saturated heterocycles. The smallest absolute Gasteiger partial charge is 0.229 e. The third-order valence-electron chi connectivity index (χ3n) is 4.54. The lowest BCUT2D eigenvalue weighted by Crippen LogP contribution is -2.42. The number of aryl methyl sites for hydroxylation is 1. The topological polar surface area (TPSA) is 54.2 Å². The molecule has 0 bridgehead atoms. The Morgan fingerprint density at radius 3 is 2.71 bits per heavy atom. The van der Waals surface area contributed by atoms with E-state index in [0.717, 1.165) is 42.3 Å². The molecule has 1 aromatic carbocycles. The van der Waals surface area contributed by atoms with Gasteiger partial charge in [-0.1, -0.05) is 36.7 Å². The van der Waals surface area contributed by atoms with Crippen LogP contribution in [0.25, 0.3) is 0 Å². The number of hydrogen-bond donors (Lipinski definition) is 1. The minimum Gasteiger partial charge on any atom is -0.371 e. The molecule has 1 aliphatic heterocycles. The molecule has 6 heteroatoms. The fourth-order valence-electron chi connectivity index (χ4n) is 2.93. The maximum absolute atomic E-state index is 6.24. The van der Waals surface area contributed by atoms with Crippen molar-refractivity contribution in [3.63, 3.8) is 0 Å². The predicted octanol–water partition coefficient (Wildman–Crippen LogP) is 3.91. The predicted molar refractivity (Wildman–Crippen MR) is 96.7 cm³/mol. The van der Waals surface area contributed by atoms with Gasteiger partial charge in [0.1, 0.15) is 0 Å². The second-order valence-corrected chi connectivity index (χ2v) is 7.19. The van der Waals surface area contributed by atoms with E-state index in [1.165, 1.54) is 5.69 Å². The first-order valence-corrected chi connectivity index (χ1v) is 8.97. The molecule has 1 N–H and O–H groups in total. The van der Waals surface area contributed by atoms with E-state index in [2.05, 4.69) is 52.4 Å². The molecule has 3 rings (SSSR count). The summed E-state index contributed by atoms with van der Waals surface area (Å²) in [6, 6.07) is 6.80. The van der Waals surface area contributed by atoms with Crippen LogP contribution in [0.4, 0.5) is 5.69 Å². The summed E-state index contributed by atoms with van der Waals surface area (Å²) in [5, 5.41) is 8.41. The lowest BCUT2D eigenvalue weighted by Gasteiger charge is -2.34. The Balaban J connectivity index is 1.48. The van der Waals surface area contributed by atoms with Crippen molar-refractivity contribution in [1.82, 2.24) is 15.5 Å². The molecule has 1 fully saturated rings. The number of halogens is 1. The zero-order valence-corrected chi connectivity index (χ0v) is 15.3. The number of anilines is 1. The van der Waals surface area contributed by atoms with Crippen molar-refractivity contribution in [3.05, 3.63) is 40.5 Å². The molecule has 1 aliphatic rings. The van der Waals surface area contributed by atoms with E-state index >= 15 is 0 Å². The van der Waals surface area contributed by atoms with Gasteiger partial charge < -0.3 is 14.7 Å². The van der Waals surface area contributed by atoms with Crippen molar-refractivity contribution in [2.45, 2.75) is 52.1 Å². The Morgan fingerprint density at radius 1 is 1.33 bits per heavy atom. The van der Waals surface area contributed by atoms with E-state index in [1.807, 2.05) is 6.92 Å². The molecule has 0 aliphatic carbocycles. The number of nitrogens with one attached hydrogen (secondary N) is 1. The van der Waals surface area contributed by atoms with Crippen molar-refractivity contribution in [2.75, 3.05) is 18.0 Å². The Bertz CT molecular complexity index is 677. The van der Waals surface area contributed by atoms with E-state index in [9.17, 15) is 0 Å². The average molecular weight is 349 g/mol. The summed E-state index contributed by atoms with van der Waals surface area (Å²) in [6.07, 6.45) is 2.20. The molecular weight excluding hydrogens is 324 g/mol. The van der Waals surface area contributed by atoms with Crippen LogP contribution in [0.15, 0.2) is 22.7 Å². The summed E-state index contributed by atoms with van der Waals surface area (Å²) in [4.78, 5) is 6.81. The molecule has 24 heavy (non-hydrogen) atoms. The quantitative estimate of drug-likeness (QED) is 0.887. The van der Waals surface area contributed by atoms with Gasteiger partial charge in [0.25, 0.3) is 0 Å². The van der Waals surface area contributed by atoms with Gasteiger partial charge in [-0.25, -0.2) is 0 Å². The summed E-state index contributed by atoms with van der Waals surface area (Å²) in [7, 11) is 0. The summed E-state index contributed by atoms with van der Waals surface area (Å²) in [5.41, 5.74) is 2.33. The number of rotatable bonds is 5. The van der Waals surface area contributed by atoms with Crippen LogP contribution >= 0.6 is 11.6 Å². The fraction of sp³-hybridized carbons (Fsp3) is 0.556. The van der Waals surface area contributed by atoms with E-state index < -0.39 is 0 Å². The molecule has 1 aromatic heterocycles. The van der Waals surface area contributed by atoms with Crippen molar-refractivity contribution in [1.29, 1.82) is 0 Å². The van der Waals surface area contributed by atoms with Gasteiger partial charge in [-0.15, -0.1) is 0 Å². The van der Waals surface area contributed by atoms with Crippen molar-refractivity contribution >= 4 is 17.3 Å². The third-order valence-corrected chi connectivity index (χ3v) is 4.95. The van der Waals surface area contributed by atoms with E-state index in [4.69, 9.17) is 16.1 Å². The number of benzene rings is 1. The molecule has 0 saturated carbocycles. The highest BCUT2D eigenvalue weighted by atomic mass is 35.5. The molecule has 130 valence electrons. The Kier molecular flexibility index (Phi) is 5.41. The van der Waals surface area contributed by atoms with Crippen LogP contribution in [0, 0.1) is 6.92 Å². The summed E-state index contributed by atoms with van der Waals surface area (Å²) >= 11 is 6.24. The Morgan fingerprint density at radius 2 is 2.08 bits per heavy atom. The number of nitrogens with zero attached hydrogens (tertiary/aromatic N) is 3. The van der Waals surface area contributed by atoms with Gasteiger partial charge in [-0.05, 0) is 37.5 Å².